The van der Waals surface area contributed by atoms with E-state index in [2.05, 4.69) is 5.16 Å². The van der Waals surface area contributed by atoms with Gasteiger partial charge >= 0.3 is 5.97 Å². The predicted molar refractivity (Wildman–Crippen MR) is 59.8 cm³/mol. The van der Waals surface area contributed by atoms with E-state index >= 15 is 0 Å². The molecule has 94 valence electrons. The summed E-state index contributed by atoms with van der Waals surface area (Å²) >= 11 is 0. The van der Waals surface area contributed by atoms with Crippen LogP contribution in [0.15, 0.2) is 4.52 Å². The first kappa shape index (κ1) is 13.2. The Bertz CT molecular complexity index is 406. The average molecular weight is 240 g/mol. The number of rotatable bonds is 5. The Hall–Kier alpha value is -1.85. The SMILES string of the molecule is CCCN(CC(=O)O)C(=O)c1c(C)noc1C. The molecule has 1 amide bonds. The van der Waals surface area contributed by atoms with Crippen LogP contribution in [0, 0.1) is 13.8 Å². The quantitative estimate of drug-likeness (QED) is 0.836. The first-order chi connectivity index (χ1) is 7.97. The Morgan fingerprint density at radius 1 is 1.41 bits per heavy atom. The van der Waals surface area contributed by atoms with E-state index in [-0.39, 0.29) is 12.5 Å². The molecule has 1 rings (SSSR count). The average Bonchev–Trinajstić information content (AvgIpc) is 2.56. The number of amides is 1. The van der Waals surface area contributed by atoms with Crippen LogP contribution in [-0.2, 0) is 4.79 Å². The Labute approximate surface area is 99.2 Å². The summed E-state index contributed by atoms with van der Waals surface area (Å²) in [5.41, 5.74) is 0.846. The normalized spacial score (nSPS) is 10.3. The molecule has 1 aromatic rings. The highest BCUT2D eigenvalue weighted by molar-refractivity contribution is 5.97. The van der Waals surface area contributed by atoms with Crippen LogP contribution in [0.25, 0.3) is 0 Å². The Balaban J connectivity index is 2.95. The molecule has 1 aromatic heterocycles. The molecular formula is C11H16N2O4. The van der Waals surface area contributed by atoms with Gasteiger partial charge in [0.25, 0.3) is 5.91 Å². The molecule has 0 bridgehead atoms. The first-order valence-corrected chi connectivity index (χ1v) is 5.41. The van der Waals surface area contributed by atoms with Gasteiger partial charge in [0.2, 0.25) is 0 Å². The van der Waals surface area contributed by atoms with Crippen molar-refractivity contribution in [2.45, 2.75) is 27.2 Å². The Kier molecular flexibility index (Phi) is 4.25. The van der Waals surface area contributed by atoms with Crippen LogP contribution in [0.5, 0.6) is 0 Å². The first-order valence-electron chi connectivity index (χ1n) is 5.41. The minimum Gasteiger partial charge on any atom is -0.480 e. The van der Waals surface area contributed by atoms with Gasteiger partial charge in [-0.15, -0.1) is 0 Å². The highest BCUT2D eigenvalue weighted by Gasteiger charge is 2.24. The highest BCUT2D eigenvalue weighted by Crippen LogP contribution is 2.15. The van der Waals surface area contributed by atoms with Gasteiger partial charge in [0, 0.05) is 6.54 Å². The molecule has 0 aliphatic rings. The molecule has 0 fully saturated rings. The van der Waals surface area contributed by atoms with Crippen molar-refractivity contribution in [1.82, 2.24) is 10.1 Å². The summed E-state index contributed by atoms with van der Waals surface area (Å²) in [6.45, 7) is 5.27. The van der Waals surface area contributed by atoms with Crippen LogP contribution < -0.4 is 0 Å². The smallest absolute Gasteiger partial charge is 0.323 e. The molecule has 0 saturated heterocycles. The van der Waals surface area contributed by atoms with Gasteiger partial charge in [0.15, 0.2) is 0 Å². The number of carboxylic acids is 1. The summed E-state index contributed by atoms with van der Waals surface area (Å²) in [7, 11) is 0. The zero-order valence-electron chi connectivity index (χ0n) is 10.2. The van der Waals surface area contributed by atoms with Gasteiger partial charge in [0.05, 0.1) is 5.69 Å². The Morgan fingerprint density at radius 3 is 2.47 bits per heavy atom. The third kappa shape index (κ3) is 3.05. The molecule has 0 unspecified atom stereocenters. The van der Waals surface area contributed by atoms with Crippen molar-refractivity contribution in [2.75, 3.05) is 13.1 Å². The molecule has 0 spiro atoms. The van der Waals surface area contributed by atoms with E-state index < -0.39 is 5.97 Å². The van der Waals surface area contributed by atoms with Gasteiger partial charge in [-0.1, -0.05) is 12.1 Å². The van der Waals surface area contributed by atoms with Crippen LogP contribution in [-0.4, -0.2) is 40.1 Å². The molecule has 0 atom stereocenters. The van der Waals surface area contributed by atoms with Gasteiger partial charge in [-0.25, -0.2) is 0 Å². The van der Waals surface area contributed by atoms with Crippen LogP contribution in [0.1, 0.15) is 35.2 Å². The minimum absolute atomic E-state index is 0.309. The van der Waals surface area contributed by atoms with E-state index in [1.165, 1.54) is 4.90 Å². The predicted octanol–water partition coefficient (Wildman–Crippen LogP) is 1.23. The molecule has 0 aromatic carbocycles. The molecule has 0 radical (unpaired) electrons. The maximum Gasteiger partial charge on any atom is 0.323 e. The number of aromatic nitrogens is 1. The van der Waals surface area contributed by atoms with Crippen LogP contribution in [0.3, 0.4) is 0 Å². The van der Waals surface area contributed by atoms with Gasteiger partial charge in [-0.05, 0) is 20.3 Å². The summed E-state index contributed by atoms with van der Waals surface area (Å²) in [5, 5.41) is 12.5. The van der Waals surface area contributed by atoms with Crippen molar-refractivity contribution >= 4 is 11.9 Å². The van der Waals surface area contributed by atoms with Gasteiger partial charge in [0.1, 0.15) is 17.9 Å². The minimum atomic E-state index is -1.03. The molecule has 17 heavy (non-hydrogen) atoms. The second kappa shape index (κ2) is 5.47. The molecule has 6 heteroatoms. The number of hydrogen-bond acceptors (Lipinski definition) is 4. The van der Waals surface area contributed by atoms with E-state index in [1.807, 2.05) is 6.92 Å². The summed E-state index contributed by atoms with van der Waals surface area (Å²) in [4.78, 5) is 24.1. The molecule has 1 N–H and O–H groups in total. The Morgan fingerprint density at radius 2 is 2.06 bits per heavy atom. The zero-order valence-corrected chi connectivity index (χ0v) is 10.2. The van der Waals surface area contributed by atoms with Crippen molar-refractivity contribution < 1.29 is 19.2 Å². The number of nitrogens with zero attached hydrogens (tertiary/aromatic N) is 2. The maximum atomic E-state index is 12.1. The fraction of sp³-hybridized carbons (Fsp3) is 0.545. The van der Waals surface area contributed by atoms with E-state index in [0.29, 0.717) is 30.0 Å². The lowest BCUT2D eigenvalue weighted by Gasteiger charge is -2.19. The molecule has 6 nitrogen and oxygen atoms in total. The number of aryl methyl sites for hydroxylation is 2. The summed E-state index contributed by atoms with van der Waals surface area (Å²) in [6.07, 6.45) is 0.697. The van der Waals surface area contributed by atoms with Gasteiger partial charge < -0.3 is 14.5 Å². The van der Waals surface area contributed by atoms with Crippen molar-refractivity contribution in [3.63, 3.8) is 0 Å². The lowest BCUT2D eigenvalue weighted by atomic mass is 10.1. The summed E-state index contributed by atoms with van der Waals surface area (Å²) in [5.74, 6) is -0.956. The number of carbonyl (C=O) groups excluding carboxylic acids is 1. The van der Waals surface area contributed by atoms with Gasteiger partial charge in [-0.3, -0.25) is 9.59 Å². The highest BCUT2D eigenvalue weighted by atomic mass is 16.5. The monoisotopic (exact) mass is 240 g/mol. The fourth-order valence-corrected chi connectivity index (χ4v) is 1.63. The molecular weight excluding hydrogens is 224 g/mol. The number of carboxylic acid groups (broad SMARTS) is 1. The van der Waals surface area contributed by atoms with E-state index in [1.54, 1.807) is 13.8 Å². The topological polar surface area (TPSA) is 83.6 Å². The van der Waals surface area contributed by atoms with E-state index in [4.69, 9.17) is 9.63 Å². The summed E-state index contributed by atoms with van der Waals surface area (Å²) < 4.78 is 4.90. The maximum absolute atomic E-state index is 12.1. The second-order valence-corrected chi connectivity index (χ2v) is 3.82. The van der Waals surface area contributed by atoms with Crippen molar-refractivity contribution in [3.8, 4) is 0 Å². The third-order valence-electron chi connectivity index (χ3n) is 2.35. The van der Waals surface area contributed by atoms with Crippen LogP contribution in [0.2, 0.25) is 0 Å². The molecule has 0 saturated carbocycles. The lowest BCUT2D eigenvalue weighted by molar-refractivity contribution is -0.137. The molecule has 0 aliphatic heterocycles. The van der Waals surface area contributed by atoms with Gasteiger partial charge in [-0.2, -0.15) is 0 Å². The van der Waals surface area contributed by atoms with Crippen molar-refractivity contribution in [2.24, 2.45) is 0 Å². The molecule has 0 aliphatic carbocycles. The third-order valence-corrected chi connectivity index (χ3v) is 2.35. The largest absolute Gasteiger partial charge is 0.480 e. The number of aliphatic carboxylic acids is 1. The standard InChI is InChI=1S/C11H16N2O4/c1-4-5-13(6-9(14)15)11(16)10-7(2)12-17-8(10)3/h4-6H2,1-3H3,(H,14,15). The second-order valence-electron chi connectivity index (χ2n) is 3.82. The van der Waals surface area contributed by atoms with E-state index in [9.17, 15) is 9.59 Å². The lowest BCUT2D eigenvalue weighted by Crippen LogP contribution is -2.36. The van der Waals surface area contributed by atoms with Crippen LogP contribution in [0.4, 0.5) is 0 Å². The zero-order chi connectivity index (χ0) is 13.0. The van der Waals surface area contributed by atoms with Crippen LogP contribution >= 0.6 is 0 Å². The van der Waals surface area contributed by atoms with Crippen molar-refractivity contribution in [1.29, 1.82) is 0 Å². The number of carbonyl (C=O) groups is 2. The van der Waals surface area contributed by atoms with E-state index in [0.717, 1.165) is 0 Å². The van der Waals surface area contributed by atoms with Crippen molar-refractivity contribution in [3.05, 3.63) is 17.0 Å². The fourth-order valence-electron chi connectivity index (χ4n) is 1.63. The number of hydrogen-bond donors (Lipinski definition) is 1. The summed E-state index contributed by atoms with van der Waals surface area (Å²) in [6, 6.07) is 0. The molecule has 1 heterocycles.